The van der Waals surface area contributed by atoms with Gasteiger partial charge in [-0.1, -0.05) is 137 Å². The molecule has 2 aromatic heterocycles. The second-order valence-corrected chi connectivity index (χ2v) is 33.8. The number of rotatable bonds is 27. The zero-order valence-electron chi connectivity index (χ0n) is 58.5. The summed E-state index contributed by atoms with van der Waals surface area (Å²) >= 11 is 17.0. The number of hydrogen-bond donors (Lipinski definition) is 6. The maximum atomic E-state index is 13.2. The van der Waals surface area contributed by atoms with Crippen molar-refractivity contribution in [3.63, 3.8) is 0 Å². The van der Waals surface area contributed by atoms with E-state index in [4.69, 9.17) is 63.7 Å². The zero-order valence-corrected chi connectivity index (χ0v) is 62.4. The molecule has 2 aliphatic rings. The number of ether oxygens (including phenoxy) is 4. The maximum Gasteiger partial charge on any atom is 0.325 e. The number of hydrogen-bond acceptors (Lipinski definition) is 16. The zero-order chi connectivity index (χ0) is 71.6. The molecule has 22 nitrogen and oxygen atoms in total. The Bertz CT molecular complexity index is 3410. The first kappa shape index (κ1) is 81.2. The van der Waals surface area contributed by atoms with Crippen LogP contribution in [0.1, 0.15) is 171 Å². The molecule has 4 amide bonds. The molecule has 2 unspecified atom stereocenters. The lowest BCUT2D eigenvalue weighted by molar-refractivity contribution is -0.153. The predicted octanol–water partition coefficient (Wildman–Crippen LogP) is 10.2. The standard InChI is InChI=1S/C35H50Cl3N5O6S.C34H51N5O6S/c1-21(2)30(31(44)39-24(5)32(45)43-17-9-10-28(41-43)33(46)49-20-35(36,37)38)48-19-22(3)11-12-25-13-14-26-15-16-27(40-29(26)18-25)23(4)42-50(47)34(6,7)8;1-21(2)30(31(40)35-24(5)32(41)39-18-10-11-28(37-39)33(42)44-9)45-20-22(3)12-13-25-14-15-26-16-17-27(36-29(26)19-25)23(4)38-46(43)34(6,7)8/h11-16,18,21-24,28,30,41-42H,9-10,17,19-20H2,1-8H3,(H,39,44);12-17,19,21-24,28,30,37-38H,10-11,18,20H2,1-9H3,(H,35,40)/b12-11+;13-12+/t22?,23-,24+,28+,30+,50+;22?,23-,24+,28+,30+,46+/m11/s1. The van der Waals surface area contributed by atoms with E-state index in [-0.39, 0.29) is 63.7 Å². The Labute approximate surface area is 587 Å². The highest BCUT2D eigenvalue weighted by atomic mass is 35.6. The van der Waals surface area contributed by atoms with E-state index in [1.807, 2.05) is 182 Å². The van der Waals surface area contributed by atoms with Gasteiger partial charge in [0.05, 0.1) is 86.3 Å². The van der Waals surface area contributed by atoms with Crippen LogP contribution in [0.2, 0.25) is 0 Å². The third kappa shape index (κ3) is 25.7. The van der Waals surface area contributed by atoms with Crippen molar-refractivity contribution >= 4 is 126 Å². The van der Waals surface area contributed by atoms with E-state index in [0.717, 1.165) is 44.3 Å². The normalized spacial score (nSPS) is 19.0. The fourth-order valence-corrected chi connectivity index (χ4v) is 11.7. The first-order valence-electron chi connectivity index (χ1n) is 32.7. The van der Waals surface area contributed by atoms with Gasteiger partial charge in [-0.3, -0.25) is 48.8 Å². The molecule has 0 saturated carbocycles. The van der Waals surface area contributed by atoms with Crippen LogP contribution in [0.4, 0.5) is 0 Å². The van der Waals surface area contributed by atoms with Crippen molar-refractivity contribution < 1.29 is 56.1 Å². The molecule has 0 radical (unpaired) electrons. The molecule has 4 aromatic rings. The number of carbonyl (C=O) groups excluding carboxylic acids is 6. The summed E-state index contributed by atoms with van der Waals surface area (Å²) < 4.78 is 50.9. The number of alkyl halides is 3. The Kier molecular flexibility index (Phi) is 31.3. The average Bonchev–Trinajstić information content (AvgIpc) is 0.847. The Morgan fingerprint density at radius 3 is 1.32 bits per heavy atom. The summed E-state index contributed by atoms with van der Waals surface area (Å²) in [4.78, 5) is 86.6. The van der Waals surface area contributed by atoms with Crippen LogP contribution in [0.25, 0.3) is 34.0 Å². The van der Waals surface area contributed by atoms with E-state index in [1.165, 1.54) is 17.1 Å². The molecule has 0 spiro atoms. The maximum absolute atomic E-state index is 13.2. The van der Waals surface area contributed by atoms with Crippen LogP contribution in [-0.4, -0.2) is 154 Å². The number of nitrogens with zero attached hydrogens (tertiary/aromatic N) is 4. The van der Waals surface area contributed by atoms with Crippen molar-refractivity contribution in [1.29, 1.82) is 0 Å². The van der Waals surface area contributed by atoms with Gasteiger partial charge < -0.3 is 29.6 Å². The molecule has 96 heavy (non-hydrogen) atoms. The molecule has 0 bridgehead atoms. The summed E-state index contributed by atoms with van der Waals surface area (Å²) in [5.41, 5.74) is 11.0. The number of esters is 2. The Balaban J connectivity index is 0.000000348. The minimum atomic E-state index is -1.74. The highest BCUT2D eigenvalue weighted by Crippen LogP contribution is 2.28. The minimum Gasteiger partial charge on any atom is -0.468 e. The lowest BCUT2D eigenvalue weighted by Crippen LogP contribution is -2.60. The Morgan fingerprint density at radius 1 is 0.594 bits per heavy atom. The van der Waals surface area contributed by atoms with Gasteiger partial charge in [0.15, 0.2) is 0 Å². The number of fused-ring (bicyclic) bond motifs is 2. The van der Waals surface area contributed by atoms with Gasteiger partial charge in [0, 0.05) is 23.9 Å². The van der Waals surface area contributed by atoms with E-state index >= 15 is 0 Å². The smallest absolute Gasteiger partial charge is 0.325 e. The van der Waals surface area contributed by atoms with Gasteiger partial charge in [-0.05, 0) is 154 Å². The third-order valence-electron chi connectivity index (χ3n) is 15.6. The third-order valence-corrected chi connectivity index (χ3v) is 19.3. The average molecular weight is 1430 g/mol. The van der Waals surface area contributed by atoms with E-state index in [1.54, 1.807) is 13.8 Å². The van der Waals surface area contributed by atoms with Gasteiger partial charge >= 0.3 is 11.9 Å². The number of nitrogens with one attached hydrogen (secondary N) is 6. The van der Waals surface area contributed by atoms with Crippen molar-refractivity contribution in [2.75, 3.05) is 40.0 Å². The van der Waals surface area contributed by atoms with Crippen LogP contribution in [0, 0.1) is 23.7 Å². The highest BCUT2D eigenvalue weighted by molar-refractivity contribution is 7.84. The van der Waals surface area contributed by atoms with Crippen LogP contribution >= 0.6 is 34.8 Å². The SMILES string of the molecule is CC(/C=C/c1ccc2ccc([C@@H](C)N[S@@](=O)C(C)(C)C)nc2c1)CO[C@H](C(=O)N[C@@H](C)C(=O)N1CCC[C@@H](C(=O)OCC(Cl)(Cl)Cl)N1)C(C)C.COC(=O)[C@@H]1CCCN(C(=O)[C@H](C)NC(=O)[C@@H](OCC(C)/C=C/c2ccc3ccc([C@@H](C)N[S@@](=O)C(C)(C)C)nc3c2)C(C)C)N1. The van der Waals surface area contributed by atoms with Gasteiger partial charge in [0.2, 0.25) is 15.6 Å². The van der Waals surface area contributed by atoms with E-state index in [2.05, 4.69) is 30.9 Å². The van der Waals surface area contributed by atoms with Crippen molar-refractivity contribution in [3.05, 3.63) is 95.3 Å². The number of pyridine rings is 2. The summed E-state index contributed by atoms with van der Waals surface area (Å²) in [6.07, 6.45) is 8.73. The molecule has 532 valence electrons. The summed E-state index contributed by atoms with van der Waals surface area (Å²) in [5, 5.41) is 10.3. The Hall–Kier alpha value is -5.51. The first-order valence-corrected chi connectivity index (χ1v) is 36.1. The van der Waals surface area contributed by atoms with E-state index < -0.39 is 92.5 Å². The second-order valence-electron chi connectivity index (χ2n) is 27.3. The van der Waals surface area contributed by atoms with E-state index in [0.29, 0.717) is 45.4 Å². The molecule has 6 rings (SSSR count). The number of hydrazine groups is 2. The van der Waals surface area contributed by atoms with E-state index in [9.17, 15) is 37.2 Å². The number of aromatic nitrogens is 2. The van der Waals surface area contributed by atoms with Gasteiger partial charge in [0.1, 0.15) is 43.0 Å². The first-order chi connectivity index (χ1) is 44.8. The number of carbonyl (C=O) groups is 6. The van der Waals surface area contributed by atoms with Gasteiger partial charge in [-0.25, -0.2) is 28.7 Å². The summed E-state index contributed by atoms with van der Waals surface area (Å²) in [6, 6.07) is 16.6. The number of methoxy groups -OCH3 is 1. The predicted molar refractivity (Wildman–Crippen MR) is 382 cm³/mol. The van der Waals surface area contributed by atoms with Crippen LogP contribution in [0.3, 0.4) is 0 Å². The van der Waals surface area contributed by atoms with Gasteiger partial charge in [0.25, 0.3) is 11.8 Å². The fraction of sp³-hybridized carbons (Fsp3) is 0.594. The van der Waals surface area contributed by atoms with Crippen molar-refractivity contribution in [1.82, 2.24) is 50.9 Å². The van der Waals surface area contributed by atoms with Crippen molar-refractivity contribution in [2.24, 2.45) is 23.7 Å². The Morgan fingerprint density at radius 2 is 0.969 bits per heavy atom. The topological polar surface area (TPSA) is 278 Å². The molecule has 12 atom stereocenters. The molecular weight excluding hydrogens is 1330 g/mol. The number of amides is 4. The van der Waals surface area contributed by atoms with Crippen LogP contribution in [0.5, 0.6) is 0 Å². The summed E-state index contributed by atoms with van der Waals surface area (Å²) in [6.45, 7) is 31.2. The molecule has 2 fully saturated rings. The summed E-state index contributed by atoms with van der Waals surface area (Å²) in [5.74, 6) is -2.85. The minimum absolute atomic E-state index is 0.00694. The molecule has 2 aliphatic heterocycles. The van der Waals surface area contributed by atoms with Crippen molar-refractivity contribution in [3.8, 4) is 0 Å². The fourth-order valence-electron chi connectivity index (χ4n) is 9.91. The second kappa shape index (κ2) is 37.1. The van der Waals surface area contributed by atoms with Crippen LogP contribution in [0.15, 0.2) is 72.8 Å². The van der Waals surface area contributed by atoms with Crippen molar-refractivity contribution in [2.45, 2.75) is 198 Å². The molecule has 4 heterocycles. The lowest BCUT2D eigenvalue weighted by atomic mass is 10.0. The quantitative estimate of drug-likeness (QED) is 0.0239. The highest BCUT2D eigenvalue weighted by Gasteiger charge is 2.36. The monoisotopic (exact) mass is 1430 g/mol. The number of halogens is 3. The summed E-state index contributed by atoms with van der Waals surface area (Å²) in [7, 11) is -1.11. The molecule has 6 N–H and O–H groups in total. The largest absolute Gasteiger partial charge is 0.468 e. The van der Waals surface area contributed by atoms with Crippen LogP contribution < -0.4 is 30.9 Å². The molecule has 0 aliphatic carbocycles. The molecular formula is C69H101Cl3N10O12S2. The van der Waals surface area contributed by atoms with Gasteiger partial charge in [-0.2, -0.15) is 0 Å². The van der Waals surface area contributed by atoms with Gasteiger partial charge in [-0.15, -0.1) is 0 Å². The van der Waals surface area contributed by atoms with Crippen LogP contribution in [-0.2, 0) is 69.7 Å². The molecule has 2 saturated heterocycles. The number of benzene rings is 2. The lowest BCUT2D eigenvalue weighted by Gasteiger charge is -2.34. The molecule has 2 aromatic carbocycles. The molecule has 27 heteroatoms.